The lowest BCUT2D eigenvalue weighted by atomic mass is 9.84. The molecule has 2 atom stereocenters. The van der Waals surface area contributed by atoms with Crippen molar-refractivity contribution in [2.45, 2.75) is 65.8 Å². The van der Waals surface area contributed by atoms with Crippen molar-refractivity contribution in [2.75, 3.05) is 13.1 Å². The predicted molar refractivity (Wildman–Crippen MR) is 106 cm³/mol. The first-order chi connectivity index (χ1) is 12.2. The maximum Gasteiger partial charge on any atom is 0.245 e. The molecule has 0 spiro atoms. The molecule has 0 saturated carbocycles. The van der Waals surface area contributed by atoms with Crippen molar-refractivity contribution in [3.8, 4) is 0 Å². The highest BCUT2D eigenvalue weighted by atomic mass is 16.2. The van der Waals surface area contributed by atoms with E-state index in [-0.39, 0.29) is 17.2 Å². The van der Waals surface area contributed by atoms with Crippen LogP contribution in [-0.4, -0.2) is 35.8 Å². The number of likely N-dealkylation sites (tertiary alicyclic amines) is 1. The summed E-state index contributed by atoms with van der Waals surface area (Å²) in [7, 11) is 0. The molecule has 1 aromatic rings. The van der Waals surface area contributed by atoms with Gasteiger partial charge in [0.25, 0.3) is 0 Å². The van der Waals surface area contributed by atoms with E-state index in [1.807, 2.05) is 35.2 Å². The van der Waals surface area contributed by atoms with Crippen LogP contribution in [0.1, 0.15) is 58.9 Å². The summed E-state index contributed by atoms with van der Waals surface area (Å²) in [5.74, 6) is 0.340. The molecule has 1 aromatic carbocycles. The molecule has 2 amide bonds. The Labute approximate surface area is 158 Å². The highest BCUT2D eigenvalue weighted by Gasteiger charge is 2.28. The fraction of sp³-hybridized carbons (Fsp3) is 0.636. The van der Waals surface area contributed by atoms with Crippen LogP contribution in [0.4, 0.5) is 0 Å². The van der Waals surface area contributed by atoms with Gasteiger partial charge in [-0.15, -0.1) is 0 Å². The third-order valence-electron chi connectivity index (χ3n) is 4.83. The molecule has 1 heterocycles. The van der Waals surface area contributed by atoms with E-state index < -0.39 is 6.04 Å². The van der Waals surface area contributed by atoms with E-state index in [1.54, 1.807) is 0 Å². The number of rotatable bonds is 7. The fourth-order valence-electron chi connectivity index (χ4n) is 3.90. The highest BCUT2D eigenvalue weighted by Crippen LogP contribution is 2.26. The number of nitrogens with one attached hydrogen (secondary N) is 1. The lowest BCUT2D eigenvalue weighted by molar-refractivity contribution is -0.135. The SMILES string of the molecule is CC(CC(=O)NC(Cc1ccccc1)C(=O)N1CCCC1)CC(C)(C)C. The minimum atomic E-state index is -0.468. The third kappa shape index (κ3) is 6.81. The normalized spacial score (nSPS) is 17.0. The smallest absolute Gasteiger partial charge is 0.245 e. The molecule has 2 rings (SSSR count). The quantitative estimate of drug-likeness (QED) is 0.806. The van der Waals surface area contributed by atoms with Gasteiger partial charge in [-0.1, -0.05) is 58.0 Å². The number of carbonyl (C=O) groups is 2. The Hall–Kier alpha value is -1.84. The van der Waals surface area contributed by atoms with E-state index in [0.717, 1.165) is 37.9 Å². The maximum absolute atomic E-state index is 12.9. The van der Waals surface area contributed by atoms with Gasteiger partial charge in [0.1, 0.15) is 6.04 Å². The van der Waals surface area contributed by atoms with E-state index >= 15 is 0 Å². The molecule has 26 heavy (non-hydrogen) atoms. The summed E-state index contributed by atoms with van der Waals surface area (Å²) in [6, 6.07) is 9.47. The van der Waals surface area contributed by atoms with Gasteiger partial charge in [-0.05, 0) is 36.2 Å². The van der Waals surface area contributed by atoms with Gasteiger partial charge in [-0.2, -0.15) is 0 Å². The van der Waals surface area contributed by atoms with Crippen molar-refractivity contribution < 1.29 is 9.59 Å². The number of hydrogen-bond donors (Lipinski definition) is 1. The summed E-state index contributed by atoms with van der Waals surface area (Å²) in [6.45, 7) is 10.3. The Morgan fingerprint density at radius 3 is 2.31 bits per heavy atom. The van der Waals surface area contributed by atoms with Crippen molar-refractivity contribution in [2.24, 2.45) is 11.3 Å². The van der Waals surface area contributed by atoms with Gasteiger partial charge in [0, 0.05) is 25.9 Å². The molecule has 1 aliphatic heterocycles. The van der Waals surface area contributed by atoms with Crippen LogP contribution in [-0.2, 0) is 16.0 Å². The lowest BCUT2D eigenvalue weighted by Crippen LogP contribution is -2.49. The topological polar surface area (TPSA) is 49.4 Å². The van der Waals surface area contributed by atoms with Crippen LogP contribution in [0.3, 0.4) is 0 Å². The summed E-state index contributed by atoms with van der Waals surface area (Å²) >= 11 is 0. The first-order valence-electron chi connectivity index (χ1n) is 9.87. The third-order valence-corrected chi connectivity index (χ3v) is 4.83. The zero-order valence-corrected chi connectivity index (χ0v) is 16.8. The molecule has 1 fully saturated rings. The molecular formula is C22H34N2O2. The Morgan fingerprint density at radius 1 is 1.12 bits per heavy atom. The maximum atomic E-state index is 12.9. The lowest BCUT2D eigenvalue weighted by Gasteiger charge is -2.26. The molecule has 1 N–H and O–H groups in total. The van der Waals surface area contributed by atoms with Crippen molar-refractivity contribution in [3.05, 3.63) is 35.9 Å². The average Bonchev–Trinajstić information content (AvgIpc) is 3.07. The molecule has 144 valence electrons. The molecule has 0 aliphatic carbocycles. The van der Waals surface area contributed by atoms with E-state index in [4.69, 9.17) is 0 Å². The number of benzene rings is 1. The fourth-order valence-corrected chi connectivity index (χ4v) is 3.90. The summed E-state index contributed by atoms with van der Waals surface area (Å²) in [5, 5.41) is 3.03. The standard InChI is InChI=1S/C22H34N2O2/c1-17(16-22(2,3)4)14-20(25)23-19(15-18-10-6-5-7-11-18)21(26)24-12-8-9-13-24/h5-7,10-11,17,19H,8-9,12-16H2,1-4H3,(H,23,25). The Morgan fingerprint density at radius 2 is 1.73 bits per heavy atom. The van der Waals surface area contributed by atoms with E-state index in [2.05, 4.69) is 33.0 Å². The molecule has 4 heteroatoms. The predicted octanol–water partition coefficient (Wildman–Crippen LogP) is 3.80. The first-order valence-corrected chi connectivity index (χ1v) is 9.87. The van der Waals surface area contributed by atoms with Crippen molar-refractivity contribution in [1.29, 1.82) is 0 Å². The second kappa shape index (κ2) is 9.20. The van der Waals surface area contributed by atoms with Gasteiger partial charge in [0.2, 0.25) is 11.8 Å². The summed E-state index contributed by atoms with van der Waals surface area (Å²) in [4.78, 5) is 27.4. The molecule has 1 aliphatic rings. The van der Waals surface area contributed by atoms with Crippen LogP contribution in [0, 0.1) is 11.3 Å². The van der Waals surface area contributed by atoms with Gasteiger partial charge >= 0.3 is 0 Å². The highest BCUT2D eigenvalue weighted by molar-refractivity contribution is 5.88. The zero-order chi connectivity index (χ0) is 19.2. The minimum absolute atomic E-state index is 0.0183. The molecule has 1 saturated heterocycles. The van der Waals surface area contributed by atoms with Gasteiger partial charge < -0.3 is 10.2 Å². The van der Waals surface area contributed by atoms with E-state index in [9.17, 15) is 9.59 Å². The number of carbonyl (C=O) groups excluding carboxylic acids is 2. The van der Waals surface area contributed by atoms with Gasteiger partial charge in [0.05, 0.1) is 0 Å². The largest absolute Gasteiger partial charge is 0.344 e. The van der Waals surface area contributed by atoms with Gasteiger partial charge in [-0.25, -0.2) is 0 Å². The van der Waals surface area contributed by atoms with Crippen molar-refractivity contribution in [3.63, 3.8) is 0 Å². The minimum Gasteiger partial charge on any atom is -0.344 e. The molecule has 0 bridgehead atoms. The van der Waals surface area contributed by atoms with Crippen LogP contribution in [0.5, 0.6) is 0 Å². The Bertz CT molecular complexity index is 586. The van der Waals surface area contributed by atoms with E-state index in [0.29, 0.717) is 18.8 Å². The first kappa shape index (κ1) is 20.5. The van der Waals surface area contributed by atoms with Crippen LogP contribution >= 0.6 is 0 Å². The Kier molecular flexibility index (Phi) is 7.24. The van der Waals surface area contributed by atoms with Crippen molar-refractivity contribution >= 4 is 11.8 Å². The number of amides is 2. The summed E-state index contributed by atoms with van der Waals surface area (Å²) in [6.07, 6.45) is 4.12. The summed E-state index contributed by atoms with van der Waals surface area (Å²) < 4.78 is 0. The zero-order valence-electron chi connectivity index (χ0n) is 16.8. The average molecular weight is 359 g/mol. The van der Waals surface area contributed by atoms with Gasteiger partial charge in [0.15, 0.2) is 0 Å². The van der Waals surface area contributed by atoms with Crippen LogP contribution < -0.4 is 5.32 Å². The van der Waals surface area contributed by atoms with Crippen LogP contribution in [0.25, 0.3) is 0 Å². The van der Waals surface area contributed by atoms with Crippen LogP contribution in [0.15, 0.2) is 30.3 Å². The monoisotopic (exact) mass is 358 g/mol. The van der Waals surface area contributed by atoms with Crippen molar-refractivity contribution in [1.82, 2.24) is 10.2 Å². The summed E-state index contributed by atoms with van der Waals surface area (Å²) in [5.41, 5.74) is 1.28. The molecule has 2 unspecified atom stereocenters. The number of nitrogens with zero attached hydrogens (tertiary/aromatic N) is 1. The molecular weight excluding hydrogens is 324 g/mol. The molecule has 4 nitrogen and oxygen atoms in total. The second-order valence-electron chi connectivity index (χ2n) is 8.92. The molecule has 0 radical (unpaired) electrons. The molecule has 0 aromatic heterocycles. The van der Waals surface area contributed by atoms with Crippen LogP contribution in [0.2, 0.25) is 0 Å². The van der Waals surface area contributed by atoms with E-state index in [1.165, 1.54) is 0 Å². The Balaban J connectivity index is 2.00. The number of hydrogen-bond acceptors (Lipinski definition) is 2. The second-order valence-corrected chi connectivity index (χ2v) is 8.92. The van der Waals surface area contributed by atoms with Gasteiger partial charge in [-0.3, -0.25) is 9.59 Å².